The minimum Gasteiger partial charge on any atom is -0.462 e. The normalized spacial score (nSPS) is 12.6. The highest BCUT2D eigenvalue weighted by molar-refractivity contribution is 5.71. The van der Waals surface area contributed by atoms with Crippen molar-refractivity contribution in [1.29, 1.82) is 0 Å². The molecule has 0 aliphatic carbocycles. The molecule has 350 valence electrons. The van der Waals surface area contributed by atoms with Crippen LogP contribution in [0.15, 0.2) is 72.9 Å². The van der Waals surface area contributed by atoms with Crippen LogP contribution in [0.5, 0.6) is 0 Å². The number of unbranched alkanes of at least 4 members (excludes halogenated alkanes) is 22. The van der Waals surface area contributed by atoms with E-state index in [9.17, 15) is 14.4 Å². The number of allylic oxidation sites excluding steroid dienone is 12. The highest BCUT2D eigenvalue weighted by Gasteiger charge is 2.19. The molecule has 0 saturated heterocycles. The van der Waals surface area contributed by atoms with Gasteiger partial charge in [-0.15, -0.1) is 0 Å². The number of ether oxygens (including phenoxy) is 3. The van der Waals surface area contributed by atoms with Crippen LogP contribution in [-0.2, 0) is 28.6 Å². The molecule has 0 aromatic carbocycles. The summed E-state index contributed by atoms with van der Waals surface area (Å²) < 4.78 is 16.8. The molecule has 0 aromatic rings. The highest BCUT2D eigenvalue weighted by atomic mass is 16.6. The first-order valence-corrected chi connectivity index (χ1v) is 25.4. The third kappa shape index (κ3) is 47.7. The van der Waals surface area contributed by atoms with Crippen LogP contribution in [0, 0.1) is 0 Å². The Balaban J connectivity index is 4.44. The van der Waals surface area contributed by atoms with Crippen LogP contribution >= 0.6 is 0 Å². The smallest absolute Gasteiger partial charge is 0.306 e. The van der Waals surface area contributed by atoms with Crippen molar-refractivity contribution in [3.8, 4) is 0 Å². The van der Waals surface area contributed by atoms with Crippen LogP contribution in [0.3, 0.4) is 0 Å². The number of carbonyl (C=O) groups is 3. The van der Waals surface area contributed by atoms with Crippen molar-refractivity contribution in [3.05, 3.63) is 72.9 Å². The lowest BCUT2D eigenvalue weighted by Crippen LogP contribution is -2.30. The van der Waals surface area contributed by atoms with Gasteiger partial charge in [0, 0.05) is 19.3 Å². The first kappa shape index (κ1) is 57.9. The summed E-state index contributed by atoms with van der Waals surface area (Å²) in [6, 6.07) is 0. The topological polar surface area (TPSA) is 78.9 Å². The summed E-state index contributed by atoms with van der Waals surface area (Å²) in [6.45, 7) is 6.45. The van der Waals surface area contributed by atoms with Crippen LogP contribution in [0.4, 0.5) is 0 Å². The monoisotopic (exact) mass is 851 g/mol. The van der Waals surface area contributed by atoms with Crippen molar-refractivity contribution in [2.24, 2.45) is 0 Å². The Morgan fingerprint density at radius 1 is 0.344 bits per heavy atom. The number of esters is 3. The molecule has 0 aromatic heterocycles. The molecule has 0 unspecified atom stereocenters. The fourth-order valence-electron chi connectivity index (χ4n) is 6.83. The van der Waals surface area contributed by atoms with Crippen LogP contribution in [0.2, 0.25) is 0 Å². The predicted molar refractivity (Wildman–Crippen MR) is 261 cm³/mol. The molecule has 0 rings (SSSR count). The van der Waals surface area contributed by atoms with E-state index in [0.29, 0.717) is 19.3 Å². The van der Waals surface area contributed by atoms with Gasteiger partial charge in [0.05, 0.1) is 0 Å². The lowest BCUT2D eigenvalue weighted by Gasteiger charge is -2.18. The molecular formula is C55H94O6. The Kier molecular flexibility index (Phi) is 46.9. The lowest BCUT2D eigenvalue weighted by atomic mass is 10.1. The second-order valence-electron chi connectivity index (χ2n) is 16.7. The summed E-state index contributed by atoms with van der Waals surface area (Å²) >= 11 is 0. The number of hydrogen-bond donors (Lipinski definition) is 0. The van der Waals surface area contributed by atoms with E-state index in [0.717, 1.165) is 135 Å². The maximum atomic E-state index is 12.8. The Labute approximate surface area is 376 Å². The summed E-state index contributed by atoms with van der Waals surface area (Å²) in [6.07, 6.45) is 61.6. The zero-order chi connectivity index (χ0) is 44.4. The summed E-state index contributed by atoms with van der Waals surface area (Å²) in [4.78, 5) is 37.9. The average Bonchev–Trinajstić information content (AvgIpc) is 3.26. The molecule has 61 heavy (non-hydrogen) atoms. The number of rotatable bonds is 45. The fraction of sp³-hybridized carbons (Fsp3) is 0.727. The van der Waals surface area contributed by atoms with Crippen LogP contribution in [0.25, 0.3) is 0 Å². The van der Waals surface area contributed by atoms with Crippen molar-refractivity contribution >= 4 is 17.9 Å². The van der Waals surface area contributed by atoms with E-state index in [4.69, 9.17) is 14.2 Å². The molecule has 0 heterocycles. The first-order chi connectivity index (χ1) is 30.0. The van der Waals surface area contributed by atoms with Crippen LogP contribution < -0.4 is 0 Å². The summed E-state index contributed by atoms with van der Waals surface area (Å²) in [5, 5.41) is 0. The van der Waals surface area contributed by atoms with Crippen molar-refractivity contribution in [3.63, 3.8) is 0 Å². The Hall–Kier alpha value is -3.15. The third-order valence-corrected chi connectivity index (χ3v) is 10.7. The molecule has 1 atom stereocenters. The van der Waals surface area contributed by atoms with E-state index in [1.807, 2.05) is 0 Å². The molecule has 0 amide bonds. The van der Waals surface area contributed by atoms with Crippen LogP contribution in [-0.4, -0.2) is 37.2 Å². The van der Waals surface area contributed by atoms with Gasteiger partial charge in [-0.05, 0) is 109 Å². The molecule has 0 fully saturated rings. The molecule has 0 N–H and O–H groups in total. The van der Waals surface area contributed by atoms with Crippen molar-refractivity contribution < 1.29 is 28.6 Å². The SMILES string of the molecule is CC/C=C\C/C=C\C/C=C\CCCCCCCC(=O)OC[C@@H](COC(=O)CCCCCCC/C=C\C/C=C\CCCCC)OC(=O)CCCCCCC/C=C\CCCCCC. The van der Waals surface area contributed by atoms with E-state index >= 15 is 0 Å². The van der Waals surface area contributed by atoms with E-state index in [1.165, 1.54) is 64.2 Å². The van der Waals surface area contributed by atoms with Crippen molar-refractivity contribution in [1.82, 2.24) is 0 Å². The fourth-order valence-corrected chi connectivity index (χ4v) is 6.83. The van der Waals surface area contributed by atoms with E-state index in [2.05, 4.69) is 93.7 Å². The van der Waals surface area contributed by atoms with Gasteiger partial charge in [-0.2, -0.15) is 0 Å². The second kappa shape index (κ2) is 49.5. The summed E-state index contributed by atoms with van der Waals surface area (Å²) in [7, 11) is 0. The van der Waals surface area contributed by atoms with Gasteiger partial charge in [0.2, 0.25) is 0 Å². The van der Waals surface area contributed by atoms with Crippen molar-refractivity contribution in [2.45, 2.75) is 245 Å². The van der Waals surface area contributed by atoms with Gasteiger partial charge in [0.25, 0.3) is 0 Å². The largest absolute Gasteiger partial charge is 0.462 e. The highest BCUT2D eigenvalue weighted by Crippen LogP contribution is 2.13. The second-order valence-corrected chi connectivity index (χ2v) is 16.7. The van der Waals surface area contributed by atoms with Gasteiger partial charge in [0.15, 0.2) is 6.10 Å². The van der Waals surface area contributed by atoms with E-state index in [1.54, 1.807) is 0 Å². The predicted octanol–water partition coefficient (Wildman–Crippen LogP) is 16.6. The van der Waals surface area contributed by atoms with Gasteiger partial charge < -0.3 is 14.2 Å². The quantitative estimate of drug-likeness (QED) is 0.0263. The van der Waals surface area contributed by atoms with Gasteiger partial charge >= 0.3 is 17.9 Å². The molecule has 0 saturated carbocycles. The zero-order valence-corrected chi connectivity index (χ0v) is 39.9. The summed E-state index contributed by atoms with van der Waals surface area (Å²) in [5.41, 5.74) is 0. The summed E-state index contributed by atoms with van der Waals surface area (Å²) in [5.74, 6) is -0.930. The minimum atomic E-state index is -0.791. The van der Waals surface area contributed by atoms with Gasteiger partial charge in [-0.1, -0.05) is 184 Å². The molecule has 0 spiro atoms. The maximum absolute atomic E-state index is 12.8. The third-order valence-electron chi connectivity index (χ3n) is 10.7. The Morgan fingerprint density at radius 2 is 0.639 bits per heavy atom. The first-order valence-electron chi connectivity index (χ1n) is 25.4. The molecular weight excluding hydrogens is 757 g/mol. The van der Waals surface area contributed by atoms with Gasteiger partial charge in [-0.3, -0.25) is 14.4 Å². The van der Waals surface area contributed by atoms with Gasteiger partial charge in [0.1, 0.15) is 13.2 Å². The van der Waals surface area contributed by atoms with Gasteiger partial charge in [-0.25, -0.2) is 0 Å². The zero-order valence-electron chi connectivity index (χ0n) is 39.9. The average molecular weight is 851 g/mol. The van der Waals surface area contributed by atoms with E-state index < -0.39 is 6.10 Å². The maximum Gasteiger partial charge on any atom is 0.306 e. The molecule has 0 radical (unpaired) electrons. The van der Waals surface area contributed by atoms with Crippen molar-refractivity contribution in [2.75, 3.05) is 13.2 Å². The molecule has 6 heteroatoms. The number of hydrogen-bond acceptors (Lipinski definition) is 6. The molecule has 0 aliphatic heterocycles. The standard InChI is InChI=1S/C55H94O6/c1-4-7-10-13-16-19-22-25-27-30-32-35-38-41-44-47-53(56)59-50-52(61-55(58)49-46-43-40-37-34-29-24-21-18-15-12-9-6-3)51-60-54(57)48-45-42-39-36-33-31-28-26-23-20-17-14-11-8-5-2/h7,10,16-17,19-21,24-28,52H,4-6,8-9,11-15,18,22-23,29-51H2,1-3H3/b10-7-,19-16-,20-17-,24-21-,27-25-,28-26-/t52-/m0/s1. The number of carbonyl (C=O) groups excluding carboxylic acids is 3. The molecule has 6 nitrogen and oxygen atoms in total. The molecule has 0 bridgehead atoms. The van der Waals surface area contributed by atoms with Crippen LogP contribution in [0.1, 0.15) is 239 Å². The Bertz CT molecular complexity index is 1160. The molecule has 0 aliphatic rings. The Morgan fingerprint density at radius 3 is 1.05 bits per heavy atom. The lowest BCUT2D eigenvalue weighted by molar-refractivity contribution is -0.167. The minimum absolute atomic E-state index is 0.0920. The van der Waals surface area contributed by atoms with E-state index in [-0.39, 0.29) is 31.1 Å².